The zero-order valence-electron chi connectivity index (χ0n) is 29.0. The highest BCUT2D eigenvalue weighted by Crippen LogP contribution is 2.42. The number of rotatable bonds is 12. The van der Waals surface area contributed by atoms with E-state index in [1.165, 1.54) is 42.7 Å². The molecule has 6 aromatic rings. The Morgan fingerprint density at radius 3 is 2.11 bits per heavy atom. The van der Waals surface area contributed by atoms with Crippen LogP contribution in [0.15, 0.2) is 114 Å². The largest absolute Gasteiger partial charge is 0.449 e. The van der Waals surface area contributed by atoms with Crippen molar-refractivity contribution in [3.05, 3.63) is 159 Å². The summed E-state index contributed by atoms with van der Waals surface area (Å²) in [6.45, 7) is 1.87. The number of carbonyl (C=O) groups excluding carboxylic acids is 3. The summed E-state index contributed by atoms with van der Waals surface area (Å²) in [7, 11) is 1.93. The summed E-state index contributed by atoms with van der Waals surface area (Å²) in [6.07, 6.45) is 2.29. The van der Waals surface area contributed by atoms with Crippen LogP contribution in [0.3, 0.4) is 0 Å². The number of hydrogen-bond donors (Lipinski definition) is 1. The predicted octanol–water partition coefficient (Wildman–Crippen LogP) is 7.95. The molecule has 11 heteroatoms. The van der Waals surface area contributed by atoms with Crippen LogP contribution in [-0.2, 0) is 34.0 Å². The number of fused-ring (bicyclic) bond motifs is 1. The number of ether oxygens (including phenoxy) is 1. The zero-order valence-corrected chi connectivity index (χ0v) is 29.8. The quantitative estimate of drug-likeness (QED) is 0.101. The molecule has 0 unspecified atom stereocenters. The van der Waals surface area contributed by atoms with E-state index in [0.29, 0.717) is 47.6 Å². The molecule has 53 heavy (non-hydrogen) atoms. The topological polar surface area (TPSA) is 97.7 Å². The molecule has 0 bridgehead atoms. The SMILES string of the molecule is CC(=O)OC1(C(=O)Nc2ccc(-c3sc4c(c3CN(C)Cc3ccccc3)c(=O)c(C(=O)c3ccccc3)cn4Cc3c(F)cccc3F)cc2)CC1. The molecule has 1 fully saturated rings. The van der Waals surface area contributed by atoms with Gasteiger partial charge in [-0.3, -0.25) is 24.1 Å². The Kier molecular flexibility index (Phi) is 9.87. The monoisotopic (exact) mass is 731 g/mol. The lowest BCUT2D eigenvalue weighted by atomic mass is 10.00. The summed E-state index contributed by atoms with van der Waals surface area (Å²) >= 11 is 1.29. The van der Waals surface area contributed by atoms with Gasteiger partial charge in [0.25, 0.3) is 5.91 Å². The van der Waals surface area contributed by atoms with Crippen molar-refractivity contribution in [2.24, 2.45) is 0 Å². The third-order valence-corrected chi connectivity index (χ3v) is 10.6. The second kappa shape index (κ2) is 14.7. The van der Waals surface area contributed by atoms with E-state index in [0.717, 1.165) is 16.0 Å². The Morgan fingerprint density at radius 1 is 0.849 bits per heavy atom. The van der Waals surface area contributed by atoms with Gasteiger partial charge in [-0.25, -0.2) is 8.78 Å². The van der Waals surface area contributed by atoms with E-state index in [1.807, 2.05) is 49.5 Å². The molecule has 1 N–H and O–H groups in total. The summed E-state index contributed by atoms with van der Waals surface area (Å²) in [6, 6.07) is 29.0. The van der Waals surface area contributed by atoms with Gasteiger partial charge < -0.3 is 14.6 Å². The molecule has 1 saturated carbocycles. The first kappa shape index (κ1) is 35.6. The molecule has 0 saturated heterocycles. The number of esters is 1. The Bertz CT molecular complexity index is 2390. The van der Waals surface area contributed by atoms with Gasteiger partial charge in [0, 0.05) is 60.7 Å². The average Bonchev–Trinajstić information content (AvgIpc) is 3.83. The number of hydrogen-bond acceptors (Lipinski definition) is 7. The van der Waals surface area contributed by atoms with Gasteiger partial charge in [-0.15, -0.1) is 11.3 Å². The van der Waals surface area contributed by atoms with Crippen LogP contribution >= 0.6 is 11.3 Å². The summed E-state index contributed by atoms with van der Waals surface area (Å²) < 4.78 is 37.1. The molecule has 2 heterocycles. The highest BCUT2D eigenvalue weighted by molar-refractivity contribution is 7.22. The summed E-state index contributed by atoms with van der Waals surface area (Å²) in [5, 5.41) is 3.13. The van der Waals surface area contributed by atoms with Gasteiger partial charge in [0.15, 0.2) is 11.4 Å². The first-order valence-corrected chi connectivity index (χ1v) is 17.9. The second-order valence-corrected chi connectivity index (χ2v) is 14.3. The van der Waals surface area contributed by atoms with Crippen LogP contribution in [0, 0.1) is 11.6 Å². The van der Waals surface area contributed by atoms with Gasteiger partial charge in [-0.1, -0.05) is 78.9 Å². The normalized spacial score (nSPS) is 13.2. The number of carbonyl (C=O) groups is 3. The lowest BCUT2D eigenvalue weighted by Gasteiger charge is -2.18. The number of benzene rings is 4. The number of thiophene rings is 1. The molecule has 0 aliphatic heterocycles. The molecule has 268 valence electrons. The maximum Gasteiger partial charge on any atom is 0.303 e. The number of pyridine rings is 1. The maximum atomic E-state index is 15.1. The fraction of sp³-hybridized carbons (Fsp3) is 0.190. The first-order valence-electron chi connectivity index (χ1n) is 17.1. The van der Waals surface area contributed by atoms with E-state index in [2.05, 4.69) is 10.2 Å². The number of anilines is 1. The third kappa shape index (κ3) is 7.44. The number of amides is 1. The molecule has 8 nitrogen and oxygen atoms in total. The lowest BCUT2D eigenvalue weighted by molar-refractivity contribution is -0.154. The van der Waals surface area contributed by atoms with Crippen molar-refractivity contribution in [3.8, 4) is 10.4 Å². The van der Waals surface area contributed by atoms with Crippen molar-refractivity contribution >= 4 is 44.9 Å². The maximum absolute atomic E-state index is 15.1. The first-order chi connectivity index (χ1) is 25.5. The van der Waals surface area contributed by atoms with Gasteiger partial charge in [-0.2, -0.15) is 0 Å². The number of halogens is 2. The van der Waals surface area contributed by atoms with E-state index in [-0.39, 0.29) is 23.1 Å². The Balaban J connectivity index is 1.37. The highest BCUT2D eigenvalue weighted by Gasteiger charge is 2.53. The molecule has 1 amide bonds. The van der Waals surface area contributed by atoms with E-state index in [1.54, 1.807) is 47.0 Å². The Hall–Kier alpha value is -5.78. The Morgan fingerprint density at radius 2 is 1.49 bits per heavy atom. The van der Waals surface area contributed by atoms with E-state index in [9.17, 15) is 19.2 Å². The number of ketones is 1. The van der Waals surface area contributed by atoms with Crippen molar-refractivity contribution in [2.45, 2.75) is 45.0 Å². The van der Waals surface area contributed by atoms with E-state index < -0.39 is 40.3 Å². The molecular weight excluding hydrogens is 697 g/mol. The standard InChI is InChI=1S/C42H35F2N3O5S/c1-26(48)52-42(20-21-42)41(51)45-30-18-16-29(17-19-30)39-32(23-46(2)22-27-10-5-3-6-11-27)36-38(50)33(37(49)28-12-7-4-8-13-28)25-47(40(36)53-39)24-31-34(43)14-9-15-35(31)44/h3-19,25H,20-24H2,1-2H3,(H,45,51). The van der Waals surface area contributed by atoms with Crippen LogP contribution in [-0.4, -0.2) is 39.8 Å². The van der Waals surface area contributed by atoms with Crippen molar-refractivity contribution in [1.82, 2.24) is 9.47 Å². The van der Waals surface area contributed by atoms with Crippen LogP contribution < -0.4 is 10.7 Å². The van der Waals surface area contributed by atoms with Crippen LogP contribution in [0.4, 0.5) is 14.5 Å². The summed E-state index contributed by atoms with van der Waals surface area (Å²) in [4.78, 5) is 56.3. The van der Waals surface area contributed by atoms with Crippen LogP contribution in [0.25, 0.3) is 20.7 Å². The predicted molar refractivity (Wildman–Crippen MR) is 201 cm³/mol. The number of nitrogens with one attached hydrogen (secondary N) is 1. The van der Waals surface area contributed by atoms with Gasteiger partial charge in [0.05, 0.1) is 17.5 Å². The highest BCUT2D eigenvalue weighted by atomic mass is 32.1. The molecule has 0 atom stereocenters. The second-order valence-electron chi connectivity index (χ2n) is 13.3. The van der Waals surface area contributed by atoms with Crippen molar-refractivity contribution in [2.75, 3.05) is 12.4 Å². The third-order valence-electron chi connectivity index (χ3n) is 9.26. The smallest absolute Gasteiger partial charge is 0.303 e. The van der Waals surface area contributed by atoms with Crippen LogP contribution in [0.2, 0.25) is 0 Å². The molecule has 0 spiro atoms. The van der Waals surface area contributed by atoms with Crippen molar-refractivity contribution in [3.63, 3.8) is 0 Å². The fourth-order valence-electron chi connectivity index (χ4n) is 6.49. The van der Waals surface area contributed by atoms with Crippen LogP contribution in [0.5, 0.6) is 0 Å². The number of aromatic nitrogens is 1. The van der Waals surface area contributed by atoms with E-state index in [4.69, 9.17) is 4.74 Å². The van der Waals surface area contributed by atoms with Gasteiger partial charge in [-0.05, 0) is 48.0 Å². The van der Waals surface area contributed by atoms with E-state index >= 15 is 8.78 Å². The lowest BCUT2D eigenvalue weighted by Crippen LogP contribution is -2.33. The minimum atomic E-state index is -1.16. The molecule has 4 aromatic carbocycles. The molecule has 0 radical (unpaired) electrons. The summed E-state index contributed by atoms with van der Waals surface area (Å²) in [5.74, 6) is -2.92. The number of nitrogens with zero attached hydrogens (tertiary/aromatic N) is 2. The molecule has 1 aliphatic carbocycles. The van der Waals surface area contributed by atoms with Crippen molar-refractivity contribution in [1.29, 1.82) is 0 Å². The van der Waals surface area contributed by atoms with Gasteiger partial charge >= 0.3 is 5.97 Å². The average molecular weight is 732 g/mol. The molecule has 7 rings (SSSR count). The fourth-order valence-corrected chi connectivity index (χ4v) is 7.78. The molecule has 1 aliphatic rings. The molecule has 2 aromatic heterocycles. The zero-order chi connectivity index (χ0) is 37.3. The minimum absolute atomic E-state index is 0.114. The van der Waals surface area contributed by atoms with Crippen molar-refractivity contribution < 1.29 is 27.9 Å². The Labute approximate surface area is 308 Å². The van der Waals surface area contributed by atoms with Crippen LogP contribution in [0.1, 0.15) is 52.4 Å². The minimum Gasteiger partial charge on any atom is -0.449 e. The van der Waals surface area contributed by atoms with Gasteiger partial charge in [0.1, 0.15) is 16.5 Å². The summed E-state index contributed by atoms with van der Waals surface area (Å²) in [5.41, 5.74) is 1.30. The molecular formula is C42H35F2N3O5S. The van der Waals surface area contributed by atoms with Gasteiger partial charge in [0.2, 0.25) is 5.43 Å².